The zero-order valence-electron chi connectivity index (χ0n) is 11.2. The van der Waals surface area contributed by atoms with E-state index in [0.717, 1.165) is 11.8 Å². The molecular weight excluding hydrogens is 364 g/mol. The predicted molar refractivity (Wildman–Crippen MR) is 88.0 cm³/mol. The van der Waals surface area contributed by atoms with Gasteiger partial charge in [-0.2, -0.15) is 4.68 Å². The molecule has 0 spiro atoms. The molecule has 11 heteroatoms. The molecule has 0 radical (unpaired) electrons. The third kappa shape index (κ3) is 3.44. The smallest absolute Gasteiger partial charge is 0.408 e. The number of hydrogen-bond acceptors (Lipinski definition) is 7. The second kappa shape index (κ2) is 6.14. The Morgan fingerprint density at radius 1 is 1.57 bits per heavy atom. The molecule has 0 unspecified atom stereocenters. The minimum Gasteiger partial charge on any atom is -0.460 e. The number of carbonyl (C=O) groups is 1. The van der Waals surface area contributed by atoms with E-state index in [1.165, 1.54) is 10.9 Å². The molecule has 0 atom stereocenters. The van der Waals surface area contributed by atoms with Crippen molar-refractivity contribution in [1.29, 1.82) is 0 Å². The fraction of sp³-hybridized carbons (Fsp3) is 0.0833. The average Bonchev–Trinajstić information content (AvgIpc) is 3.12. The maximum absolute atomic E-state index is 11.6. The summed E-state index contributed by atoms with van der Waals surface area (Å²) < 4.78 is 7.26. The molecule has 1 amide bonds. The van der Waals surface area contributed by atoms with Crippen LogP contribution in [0.15, 0.2) is 27.7 Å². The van der Waals surface area contributed by atoms with Crippen molar-refractivity contribution in [3.05, 3.63) is 49.9 Å². The Balaban J connectivity index is 1.76. The summed E-state index contributed by atoms with van der Waals surface area (Å²) in [6, 6.07) is 3.36. The number of hydrogen-bond donors (Lipinski definition) is 1. The van der Waals surface area contributed by atoms with Gasteiger partial charge in [-0.1, -0.05) is 35.6 Å². The number of nitrogens with one attached hydrogen (secondary N) is 1. The van der Waals surface area contributed by atoms with Crippen LogP contribution in [-0.4, -0.2) is 24.9 Å². The van der Waals surface area contributed by atoms with Crippen LogP contribution < -0.4 is 5.32 Å². The summed E-state index contributed by atoms with van der Waals surface area (Å²) in [5, 5.41) is 16.9. The van der Waals surface area contributed by atoms with E-state index in [9.17, 15) is 14.9 Å². The van der Waals surface area contributed by atoms with Gasteiger partial charge in [-0.3, -0.25) is 4.79 Å². The van der Waals surface area contributed by atoms with Crippen LogP contribution in [0.25, 0.3) is 6.08 Å². The Kier molecular flexibility index (Phi) is 4.20. The van der Waals surface area contributed by atoms with Gasteiger partial charge in [0, 0.05) is 6.08 Å². The second-order valence-corrected chi connectivity index (χ2v) is 6.54. The summed E-state index contributed by atoms with van der Waals surface area (Å²) in [6.07, 6.45) is 2.92. The van der Waals surface area contributed by atoms with E-state index in [-0.39, 0.29) is 17.5 Å². The number of carbonyl (C=O) groups excluding carboxylic acids is 1. The minimum atomic E-state index is -0.657. The lowest BCUT2D eigenvalue weighted by atomic mass is 10.3. The van der Waals surface area contributed by atoms with Crippen LogP contribution in [0.4, 0.5) is 5.82 Å². The summed E-state index contributed by atoms with van der Waals surface area (Å²) in [6.45, 7) is 0.175. The Bertz CT molecular complexity index is 857. The molecule has 0 bridgehead atoms. The third-order valence-corrected chi connectivity index (χ3v) is 4.22. The maximum atomic E-state index is 11.6. The van der Waals surface area contributed by atoms with Crippen LogP contribution in [0, 0.1) is 10.1 Å². The van der Waals surface area contributed by atoms with Gasteiger partial charge in [0.15, 0.2) is 5.02 Å². The molecule has 0 saturated carbocycles. The zero-order valence-corrected chi connectivity index (χ0v) is 13.6. The number of rotatable bonds is 4. The molecule has 1 saturated heterocycles. The van der Waals surface area contributed by atoms with E-state index >= 15 is 0 Å². The highest BCUT2D eigenvalue weighted by atomic mass is 35.5. The molecule has 1 aliphatic heterocycles. The zero-order chi connectivity index (χ0) is 16.6. The lowest BCUT2D eigenvalue weighted by Crippen LogP contribution is -2.17. The summed E-state index contributed by atoms with van der Waals surface area (Å²) in [4.78, 5) is 22.1. The molecule has 2 aromatic rings. The quantitative estimate of drug-likeness (QED) is 0.382. The first kappa shape index (κ1) is 15.7. The molecule has 118 valence electrons. The van der Waals surface area contributed by atoms with Gasteiger partial charge in [-0.15, -0.1) is 0 Å². The summed E-state index contributed by atoms with van der Waals surface area (Å²) in [5.41, 5.74) is 0. The summed E-state index contributed by atoms with van der Waals surface area (Å²) >= 11 is 11.8. The molecule has 8 nitrogen and oxygen atoms in total. The van der Waals surface area contributed by atoms with Gasteiger partial charge < -0.3 is 19.8 Å². The molecule has 1 fully saturated rings. The van der Waals surface area contributed by atoms with Gasteiger partial charge >= 0.3 is 5.82 Å². The Labute approximate surface area is 143 Å². The monoisotopic (exact) mass is 370 g/mol. The number of nitrogens with zero attached hydrogens (tertiary/aromatic N) is 3. The van der Waals surface area contributed by atoms with Crippen LogP contribution in [0.2, 0.25) is 5.02 Å². The van der Waals surface area contributed by atoms with Gasteiger partial charge in [0.05, 0.1) is 16.2 Å². The van der Waals surface area contributed by atoms with Crippen molar-refractivity contribution in [2.45, 2.75) is 6.54 Å². The number of furan rings is 1. The molecule has 0 aromatic carbocycles. The van der Waals surface area contributed by atoms with E-state index in [0.29, 0.717) is 20.7 Å². The number of nitro groups is 1. The molecular formula is C12H7ClN4O4S2. The molecule has 1 N–H and O–H groups in total. The van der Waals surface area contributed by atoms with E-state index in [1.807, 2.05) is 0 Å². The van der Waals surface area contributed by atoms with Crippen molar-refractivity contribution < 1.29 is 14.1 Å². The summed E-state index contributed by atoms with van der Waals surface area (Å²) in [5.74, 6) is 0.299. The van der Waals surface area contributed by atoms with Crippen LogP contribution in [-0.2, 0) is 11.3 Å². The molecule has 2 aromatic heterocycles. The number of amides is 1. The van der Waals surface area contributed by atoms with Crippen LogP contribution in [0.1, 0.15) is 11.5 Å². The molecule has 3 heterocycles. The highest BCUT2D eigenvalue weighted by molar-refractivity contribution is 8.26. The first-order valence-corrected chi connectivity index (χ1v) is 7.73. The van der Waals surface area contributed by atoms with Crippen LogP contribution in [0.5, 0.6) is 0 Å². The predicted octanol–water partition coefficient (Wildman–Crippen LogP) is 2.57. The van der Waals surface area contributed by atoms with Crippen molar-refractivity contribution in [1.82, 2.24) is 15.1 Å². The Morgan fingerprint density at radius 2 is 2.35 bits per heavy atom. The van der Waals surface area contributed by atoms with Gasteiger partial charge in [-0.05, 0) is 17.1 Å². The number of thiocarbonyl (C=S) groups is 1. The fourth-order valence-electron chi connectivity index (χ4n) is 1.86. The topological polar surface area (TPSA) is 103 Å². The van der Waals surface area contributed by atoms with E-state index in [1.54, 1.807) is 18.2 Å². The van der Waals surface area contributed by atoms with Gasteiger partial charge in [0.25, 0.3) is 5.91 Å². The minimum absolute atomic E-state index is 0.0450. The number of aromatic nitrogens is 2. The third-order valence-electron chi connectivity index (χ3n) is 2.79. The Hall–Kier alpha value is -2.17. The van der Waals surface area contributed by atoms with Crippen molar-refractivity contribution >= 4 is 57.7 Å². The maximum Gasteiger partial charge on any atom is 0.408 e. The van der Waals surface area contributed by atoms with Gasteiger partial charge in [-0.25, -0.2) is 0 Å². The SMILES string of the molecule is O=C1NC(=S)SC1=Cc1ccc(Cn2cc(Cl)c([N+](=O)[O-])n2)o1. The molecule has 3 rings (SSSR count). The average molecular weight is 371 g/mol. The molecule has 1 aliphatic rings. The van der Waals surface area contributed by atoms with Crippen molar-refractivity contribution in [2.24, 2.45) is 0 Å². The lowest BCUT2D eigenvalue weighted by Gasteiger charge is -1.93. The normalized spacial score (nSPS) is 16.1. The van der Waals surface area contributed by atoms with E-state index in [2.05, 4.69) is 10.4 Å². The van der Waals surface area contributed by atoms with E-state index in [4.69, 9.17) is 28.2 Å². The van der Waals surface area contributed by atoms with Gasteiger partial charge in [0.2, 0.25) is 0 Å². The Morgan fingerprint density at radius 3 is 2.96 bits per heavy atom. The first-order valence-electron chi connectivity index (χ1n) is 6.13. The highest BCUT2D eigenvalue weighted by Gasteiger charge is 2.23. The largest absolute Gasteiger partial charge is 0.460 e. The van der Waals surface area contributed by atoms with E-state index < -0.39 is 10.7 Å². The van der Waals surface area contributed by atoms with Crippen LogP contribution >= 0.6 is 35.6 Å². The van der Waals surface area contributed by atoms with Crippen molar-refractivity contribution in [2.75, 3.05) is 0 Å². The van der Waals surface area contributed by atoms with Gasteiger partial charge in [0.1, 0.15) is 22.4 Å². The molecule has 0 aliphatic carbocycles. The number of halogens is 1. The standard InChI is InChI=1S/C12H7ClN4O4S2/c13-8-5-16(15-10(8)17(19)20)4-7-2-1-6(21-7)3-9-11(18)14-12(22)23-9/h1-3,5H,4H2,(H,14,18,22). The van der Waals surface area contributed by atoms with Crippen LogP contribution in [0.3, 0.4) is 0 Å². The second-order valence-electron chi connectivity index (χ2n) is 4.41. The number of thioether (sulfide) groups is 1. The lowest BCUT2D eigenvalue weighted by molar-refractivity contribution is -0.389. The van der Waals surface area contributed by atoms with Crippen molar-refractivity contribution in [3.8, 4) is 0 Å². The first-order chi connectivity index (χ1) is 10.9. The summed E-state index contributed by atoms with van der Waals surface area (Å²) in [7, 11) is 0. The molecule has 23 heavy (non-hydrogen) atoms. The van der Waals surface area contributed by atoms with Crippen molar-refractivity contribution in [3.63, 3.8) is 0 Å². The fourth-order valence-corrected chi connectivity index (χ4v) is 3.10. The highest BCUT2D eigenvalue weighted by Crippen LogP contribution is 2.27.